The summed E-state index contributed by atoms with van der Waals surface area (Å²) in [6.07, 6.45) is 0.495. The zero-order valence-electron chi connectivity index (χ0n) is 12.8. The molecule has 0 aromatic heterocycles. The fourth-order valence-electron chi connectivity index (χ4n) is 2.34. The number of benzene rings is 1. The van der Waals surface area contributed by atoms with Crippen molar-refractivity contribution in [3.05, 3.63) is 35.6 Å². The predicted octanol–water partition coefficient (Wildman–Crippen LogP) is 0.801. The topological polar surface area (TPSA) is 79.5 Å². The van der Waals surface area contributed by atoms with E-state index >= 15 is 0 Å². The zero-order valence-corrected chi connectivity index (χ0v) is 12.8. The van der Waals surface area contributed by atoms with E-state index in [4.69, 9.17) is 0 Å². The maximum atomic E-state index is 12.9. The Morgan fingerprint density at radius 1 is 1.27 bits per heavy atom. The molecule has 0 saturated carbocycles. The highest BCUT2D eigenvalue weighted by atomic mass is 19.1. The molecule has 1 heterocycles. The van der Waals surface area contributed by atoms with Crippen molar-refractivity contribution in [3.63, 3.8) is 0 Å². The molecule has 6 nitrogen and oxygen atoms in total. The van der Waals surface area contributed by atoms with Gasteiger partial charge in [-0.15, -0.1) is 0 Å². The van der Waals surface area contributed by atoms with Gasteiger partial charge in [0, 0.05) is 6.04 Å². The van der Waals surface area contributed by atoms with Gasteiger partial charge in [0.15, 0.2) is 0 Å². The standard InChI is InChI=1S/C15H20FN3O3/c1-15(2,14(21)22-3)17-13(20)12-8-11(18-19-12)9-4-6-10(16)7-5-9/h4-7,11-12,18-19H,8H2,1-3H3,(H,17,20). The van der Waals surface area contributed by atoms with E-state index in [1.807, 2.05) is 0 Å². The van der Waals surface area contributed by atoms with Crippen molar-refractivity contribution < 1.29 is 18.7 Å². The SMILES string of the molecule is COC(=O)C(C)(C)NC(=O)C1CC(c2ccc(F)cc2)NN1. The highest BCUT2D eigenvalue weighted by Gasteiger charge is 2.36. The van der Waals surface area contributed by atoms with E-state index < -0.39 is 17.6 Å². The van der Waals surface area contributed by atoms with Gasteiger partial charge in [0.25, 0.3) is 0 Å². The maximum Gasteiger partial charge on any atom is 0.330 e. The van der Waals surface area contributed by atoms with Crippen LogP contribution < -0.4 is 16.2 Å². The van der Waals surface area contributed by atoms with Crippen LogP contribution in [0.4, 0.5) is 4.39 Å². The molecule has 1 aliphatic rings. The van der Waals surface area contributed by atoms with E-state index in [0.717, 1.165) is 5.56 Å². The van der Waals surface area contributed by atoms with Gasteiger partial charge in [-0.1, -0.05) is 12.1 Å². The van der Waals surface area contributed by atoms with Crippen molar-refractivity contribution in [2.75, 3.05) is 7.11 Å². The smallest absolute Gasteiger partial charge is 0.330 e. The Kier molecular flexibility index (Phi) is 4.77. The third kappa shape index (κ3) is 3.61. The van der Waals surface area contributed by atoms with Gasteiger partial charge in [0.2, 0.25) is 5.91 Å². The van der Waals surface area contributed by atoms with Crippen LogP contribution in [0.3, 0.4) is 0 Å². The largest absolute Gasteiger partial charge is 0.467 e. The second kappa shape index (κ2) is 6.41. The van der Waals surface area contributed by atoms with Crippen LogP contribution in [0, 0.1) is 5.82 Å². The third-order valence-corrected chi connectivity index (χ3v) is 3.62. The average Bonchev–Trinajstić information content (AvgIpc) is 2.96. The Morgan fingerprint density at radius 3 is 2.50 bits per heavy atom. The number of rotatable bonds is 4. The zero-order chi connectivity index (χ0) is 16.3. The van der Waals surface area contributed by atoms with Crippen LogP contribution in [-0.4, -0.2) is 30.6 Å². The molecular formula is C15H20FN3O3. The first kappa shape index (κ1) is 16.4. The first-order valence-corrected chi connectivity index (χ1v) is 7.00. The quantitative estimate of drug-likeness (QED) is 0.717. The molecule has 3 N–H and O–H groups in total. The molecule has 1 amide bonds. The number of halogens is 1. The number of hydrogen-bond acceptors (Lipinski definition) is 5. The molecule has 2 atom stereocenters. The second-order valence-electron chi connectivity index (χ2n) is 5.79. The summed E-state index contributed by atoms with van der Waals surface area (Å²) < 4.78 is 17.6. The molecule has 0 spiro atoms. The normalized spacial score (nSPS) is 21.5. The Morgan fingerprint density at radius 2 is 1.91 bits per heavy atom. The number of carbonyl (C=O) groups excluding carboxylic acids is 2. The summed E-state index contributed by atoms with van der Waals surface area (Å²) in [5.41, 5.74) is 5.68. The highest BCUT2D eigenvalue weighted by molar-refractivity contribution is 5.89. The molecule has 22 heavy (non-hydrogen) atoms. The number of hydrazine groups is 1. The first-order chi connectivity index (χ1) is 10.3. The Hall–Kier alpha value is -1.99. The summed E-state index contributed by atoms with van der Waals surface area (Å²) in [5, 5.41) is 2.65. The Balaban J connectivity index is 1.96. The van der Waals surface area contributed by atoms with Gasteiger partial charge in [0.1, 0.15) is 17.4 Å². The van der Waals surface area contributed by atoms with Gasteiger partial charge in [0.05, 0.1) is 7.11 Å². The number of esters is 1. The van der Waals surface area contributed by atoms with E-state index in [1.54, 1.807) is 26.0 Å². The highest BCUT2D eigenvalue weighted by Crippen LogP contribution is 2.22. The molecule has 2 unspecified atom stereocenters. The van der Waals surface area contributed by atoms with E-state index in [1.165, 1.54) is 19.2 Å². The minimum Gasteiger partial charge on any atom is -0.467 e. The molecule has 1 aromatic carbocycles. The lowest BCUT2D eigenvalue weighted by molar-refractivity contribution is -0.149. The van der Waals surface area contributed by atoms with Crippen LogP contribution in [0.5, 0.6) is 0 Å². The molecule has 1 saturated heterocycles. The number of nitrogens with one attached hydrogen (secondary N) is 3. The molecule has 0 aliphatic carbocycles. The van der Waals surface area contributed by atoms with Crippen molar-refractivity contribution in [1.82, 2.24) is 16.2 Å². The number of amides is 1. The molecule has 0 radical (unpaired) electrons. The lowest BCUT2D eigenvalue weighted by Gasteiger charge is -2.24. The van der Waals surface area contributed by atoms with Gasteiger partial charge in [-0.3, -0.25) is 4.79 Å². The van der Waals surface area contributed by atoms with Crippen LogP contribution in [0.1, 0.15) is 31.9 Å². The average molecular weight is 309 g/mol. The minimum atomic E-state index is -1.10. The minimum absolute atomic E-state index is 0.0995. The van der Waals surface area contributed by atoms with E-state index in [-0.39, 0.29) is 17.8 Å². The molecular weight excluding hydrogens is 289 g/mol. The number of carbonyl (C=O) groups is 2. The van der Waals surface area contributed by atoms with Gasteiger partial charge in [-0.25, -0.2) is 20.0 Å². The maximum absolute atomic E-state index is 12.9. The molecule has 1 fully saturated rings. The fourth-order valence-corrected chi connectivity index (χ4v) is 2.34. The van der Waals surface area contributed by atoms with Crippen molar-refractivity contribution in [2.45, 2.75) is 37.9 Å². The lowest BCUT2D eigenvalue weighted by Crippen LogP contribution is -2.55. The van der Waals surface area contributed by atoms with Crippen molar-refractivity contribution >= 4 is 11.9 Å². The summed E-state index contributed by atoms with van der Waals surface area (Å²) in [7, 11) is 1.27. The summed E-state index contributed by atoms with van der Waals surface area (Å²) >= 11 is 0. The van der Waals surface area contributed by atoms with Crippen molar-refractivity contribution in [1.29, 1.82) is 0 Å². The lowest BCUT2D eigenvalue weighted by atomic mass is 10.0. The second-order valence-corrected chi connectivity index (χ2v) is 5.79. The van der Waals surface area contributed by atoms with Crippen LogP contribution in [-0.2, 0) is 14.3 Å². The molecule has 7 heteroatoms. The van der Waals surface area contributed by atoms with E-state index in [0.29, 0.717) is 6.42 Å². The molecule has 2 rings (SSSR count). The monoisotopic (exact) mass is 309 g/mol. The first-order valence-electron chi connectivity index (χ1n) is 7.00. The molecule has 0 bridgehead atoms. The Labute approximate surface area is 128 Å². The molecule has 1 aromatic rings. The van der Waals surface area contributed by atoms with Gasteiger partial charge < -0.3 is 10.1 Å². The van der Waals surface area contributed by atoms with Gasteiger partial charge in [-0.05, 0) is 38.0 Å². The van der Waals surface area contributed by atoms with Crippen LogP contribution in [0.25, 0.3) is 0 Å². The summed E-state index contributed by atoms with van der Waals surface area (Å²) in [4.78, 5) is 23.8. The van der Waals surface area contributed by atoms with E-state index in [2.05, 4.69) is 20.9 Å². The van der Waals surface area contributed by atoms with Gasteiger partial charge >= 0.3 is 5.97 Å². The number of ether oxygens (including phenoxy) is 1. The van der Waals surface area contributed by atoms with Crippen LogP contribution in [0.2, 0.25) is 0 Å². The summed E-state index contributed by atoms with van der Waals surface area (Å²) in [5.74, 6) is -1.11. The third-order valence-electron chi connectivity index (χ3n) is 3.62. The Bertz CT molecular complexity index is 560. The number of methoxy groups -OCH3 is 1. The van der Waals surface area contributed by atoms with Crippen LogP contribution >= 0.6 is 0 Å². The van der Waals surface area contributed by atoms with Crippen LogP contribution in [0.15, 0.2) is 24.3 Å². The van der Waals surface area contributed by atoms with Gasteiger partial charge in [-0.2, -0.15) is 0 Å². The molecule has 1 aliphatic heterocycles. The summed E-state index contributed by atoms with van der Waals surface area (Å²) in [6, 6.07) is 5.52. The van der Waals surface area contributed by atoms with Crippen molar-refractivity contribution in [3.8, 4) is 0 Å². The predicted molar refractivity (Wildman–Crippen MR) is 78.1 cm³/mol. The van der Waals surface area contributed by atoms with E-state index in [9.17, 15) is 14.0 Å². The fraction of sp³-hybridized carbons (Fsp3) is 0.467. The van der Waals surface area contributed by atoms with Crippen molar-refractivity contribution in [2.24, 2.45) is 0 Å². The number of hydrogen-bond donors (Lipinski definition) is 3. The molecule has 120 valence electrons. The summed E-state index contributed by atoms with van der Waals surface area (Å²) in [6.45, 7) is 3.16.